The van der Waals surface area contributed by atoms with Crippen LogP contribution in [0.1, 0.15) is 44.8 Å². The molecule has 2 rings (SSSR count). The molecule has 0 spiro atoms. The van der Waals surface area contributed by atoms with E-state index in [2.05, 4.69) is 49.8 Å². The number of hydrogen-bond acceptors (Lipinski definition) is 2. The predicted octanol–water partition coefficient (Wildman–Crippen LogP) is 3.29. The second kappa shape index (κ2) is 5.61. The molecule has 1 aromatic heterocycles. The molecule has 0 aliphatic heterocycles. The standard InChI is InChI=1S/C17H22N2O/c1-12(2)10-14-11-15(20)19-16(18-14)17(3,4)13-8-6-5-7-9-13/h5-9,11-12H,10H2,1-4H3,(H,18,19,20). The Morgan fingerprint density at radius 3 is 2.45 bits per heavy atom. The number of hydrogen-bond donors (Lipinski definition) is 1. The molecule has 0 aliphatic rings. The Hall–Kier alpha value is -1.90. The van der Waals surface area contributed by atoms with Crippen LogP contribution in [-0.2, 0) is 11.8 Å². The molecule has 1 heterocycles. The van der Waals surface area contributed by atoms with E-state index in [1.165, 1.54) is 0 Å². The Kier molecular flexibility index (Phi) is 4.07. The number of rotatable bonds is 4. The van der Waals surface area contributed by atoms with Crippen molar-refractivity contribution in [2.24, 2.45) is 5.92 Å². The van der Waals surface area contributed by atoms with Gasteiger partial charge in [0.25, 0.3) is 5.56 Å². The first kappa shape index (κ1) is 14.5. The number of H-pyrrole nitrogens is 1. The fourth-order valence-corrected chi connectivity index (χ4v) is 2.32. The SMILES string of the molecule is CC(C)Cc1cc(=O)[nH]c(C(C)(C)c2ccccc2)n1. The van der Waals surface area contributed by atoms with E-state index in [0.29, 0.717) is 5.92 Å². The van der Waals surface area contributed by atoms with Crippen molar-refractivity contribution in [1.82, 2.24) is 9.97 Å². The molecule has 1 N–H and O–H groups in total. The summed E-state index contributed by atoms with van der Waals surface area (Å²) in [5.41, 5.74) is 1.62. The zero-order valence-electron chi connectivity index (χ0n) is 12.6. The van der Waals surface area contributed by atoms with Crippen molar-refractivity contribution in [3.8, 4) is 0 Å². The number of aromatic amines is 1. The molecule has 3 nitrogen and oxygen atoms in total. The van der Waals surface area contributed by atoms with Crippen LogP contribution in [0.2, 0.25) is 0 Å². The average Bonchev–Trinajstić information content (AvgIpc) is 2.38. The van der Waals surface area contributed by atoms with E-state index in [0.717, 1.165) is 23.5 Å². The van der Waals surface area contributed by atoms with Gasteiger partial charge in [0.1, 0.15) is 5.82 Å². The van der Waals surface area contributed by atoms with Crippen LogP contribution >= 0.6 is 0 Å². The molecule has 0 bridgehead atoms. The van der Waals surface area contributed by atoms with Crippen molar-refractivity contribution in [3.63, 3.8) is 0 Å². The van der Waals surface area contributed by atoms with Crippen molar-refractivity contribution < 1.29 is 0 Å². The summed E-state index contributed by atoms with van der Waals surface area (Å²) in [5, 5.41) is 0. The Balaban J connectivity index is 2.46. The van der Waals surface area contributed by atoms with Gasteiger partial charge < -0.3 is 4.98 Å². The van der Waals surface area contributed by atoms with E-state index in [1.807, 2.05) is 18.2 Å². The van der Waals surface area contributed by atoms with Crippen LogP contribution in [-0.4, -0.2) is 9.97 Å². The van der Waals surface area contributed by atoms with Crippen molar-refractivity contribution in [1.29, 1.82) is 0 Å². The minimum atomic E-state index is -0.312. The van der Waals surface area contributed by atoms with E-state index in [1.54, 1.807) is 6.07 Å². The summed E-state index contributed by atoms with van der Waals surface area (Å²) in [6.45, 7) is 8.43. The number of nitrogens with zero attached hydrogens (tertiary/aromatic N) is 1. The van der Waals surface area contributed by atoms with Crippen molar-refractivity contribution in [2.45, 2.75) is 39.5 Å². The molecule has 0 radical (unpaired) electrons. The van der Waals surface area contributed by atoms with Gasteiger partial charge in [0.05, 0.1) is 0 Å². The van der Waals surface area contributed by atoms with Gasteiger partial charge in [-0.2, -0.15) is 0 Å². The maximum Gasteiger partial charge on any atom is 0.251 e. The molecule has 0 saturated carbocycles. The van der Waals surface area contributed by atoms with Crippen LogP contribution in [0.3, 0.4) is 0 Å². The number of benzene rings is 1. The van der Waals surface area contributed by atoms with Crippen LogP contribution in [0.4, 0.5) is 0 Å². The van der Waals surface area contributed by atoms with Gasteiger partial charge >= 0.3 is 0 Å². The molecular formula is C17H22N2O. The van der Waals surface area contributed by atoms with E-state index in [-0.39, 0.29) is 11.0 Å². The van der Waals surface area contributed by atoms with Gasteiger partial charge in [-0.05, 0) is 31.7 Å². The van der Waals surface area contributed by atoms with Crippen molar-refractivity contribution in [3.05, 3.63) is 63.8 Å². The minimum absolute atomic E-state index is 0.0744. The summed E-state index contributed by atoms with van der Waals surface area (Å²) in [5.74, 6) is 1.21. The Labute approximate surface area is 120 Å². The normalized spacial score (nSPS) is 11.8. The Morgan fingerprint density at radius 1 is 1.20 bits per heavy atom. The first-order valence-electron chi connectivity index (χ1n) is 7.06. The first-order chi connectivity index (χ1) is 9.39. The van der Waals surface area contributed by atoms with Gasteiger partial charge in [-0.1, -0.05) is 44.2 Å². The molecule has 106 valence electrons. The van der Waals surface area contributed by atoms with Gasteiger partial charge in [-0.25, -0.2) is 4.98 Å². The maximum atomic E-state index is 11.9. The van der Waals surface area contributed by atoms with Gasteiger partial charge in [-0.15, -0.1) is 0 Å². The van der Waals surface area contributed by atoms with Crippen LogP contribution in [0.25, 0.3) is 0 Å². The van der Waals surface area contributed by atoms with Gasteiger partial charge in [-0.3, -0.25) is 4.79 Å². The largest absolute Gasteiger partial charge is 0.310 e. The van der Waals surface area contributed by atoms with Crippen LogP contribution in [0.5, 0.6) is 0 Å². The molecule has 0 atom stereocenters. The highest BCUT2D eigenvalue weighted by Crippen LogP contribution is 2.28. The van der Waals surface area contributed by atoms with Gasteiger partial charge in [0, 0.05) is 17.2 Å². The molecule has 0 amide bonds. The molecular weight excluding hydrogens is 248 g/mol. The molecule has 1 aromatic carbocycles. The van der Waals surface area contributed by atoms with E-state index in [4.69, 9.17) is 0 Å². The van der Waals surface area contributed by atoms with E-state index < -0.39 is 0 Å². The van der Waals surface area contributed by atoms with Crippen LogP contribution < -0.4 is 5.56 Å². The highest BCUT2D eigenvalue weighted by molar-refractivity contribution is 5.30. The number of nitrogens with one attached hydrogen (secondary N) is 1. The topological polar surface area (TPSA) is 45.8 Å². The monoisotopic (exact) mass is 270 g/mol. The van der Waals surface area contributed by atoms with E-state index in [9.17, 15) is 4.79 Å². The predicted molar refractivity (Wildman–Crippen MR) is 82.0 cm³/mol. The molecule has 3 heteroatoms. The minimum Gasteiger partial charge on any atom is -0.310 e. The summed E-state index contributed by atoms with van der Waals surface area (Å²) in [4.78, 5) is 19.4. The molecule has 0 aliphatic carbocycles. The fraction of sp³-hybridized carbons (Fsp3) is 0.412. The second-order valence-corrected chi connectivity index (χ2v) is 6.17. The van der Waals surface area contributed by atoms with Crippen molar-refractivity contribution in [2.75, 3.05) is 0 Å². The third-order valence-electron chi connectivity index (χ3n) is 3.50. The quantitative estimate of drug-likeness (QED) is 0.926. The summed E-state index contributed by atoms with van der Waals surface area (Å²) in [6, 6.07) is 11.7. The smallest absolute Gasteiger partial charge is 0.251 e. The molecule has 20 heavy (non-hydrogen) atoms. The highest BCUT2D eigenvalue weighted by atomic mass is 16.1. The number of aromatic nitrogens is 2. The second-order valence-electron chi connectivity index (χ2n) is 6.17. The zero-order valence-corrected chi connectivity index (χ0v) is 12.6. The lowest BCUT2D eigenvalue weighted by Crippen LogP contribution is -2.27. The van der Waals surface area contributed by atoms with E-state index >= 15 is 0 Å². The third kappa shape index (κ3) is 3.16. The lowest BCUT2D eigenvalue weighted by Gasteiger charge is -2.24. The Bertz CT molecular complexity index is 627. The summed E-state index contributed by atoms with van der Waals surface area (Å²) >= 11 is 0. The molecule has 0 unspecified atom stereocenters. The van der Waals surface area contributed by atoms with Gasteiger partial charge in [0.2, 0.25) is 0 Å². The molecule has 2 aromatic rings. The fourth-order valence-electron chi connectivity index (χ4n) is 2.32. The van der Waals surface area contributed by atoms with Crippen LogP contribution in [0, 0.1) is 5.92 Å². The van der Waals surface area contributed by atoms with Crippen molar-refractivity contribution >= 4 is 0 Å². The maximum absolute atomic E-state index is 11.9. The summed E-state index contributed by atoms with van der Waals surface area (Å²) in [7, 11) is 0. The highest BCUT2D eigenvalue weighted by Gasteiger charge is 2.26. The summed E-state index contributed by atoms with van der Waals surface area (Å²) < 4.78 is 0. The Morgan fingerprint density at radius 2 is 1.85 bits per heavy atom. The average molecular weight is 270 g/mol. The zero-order chi connectivity index (χ0) is 14.8. The van der Waals surface area contributed by atoms with Crippen LogP contribution in [0.15, 0.2) is 41.2 Å². The lowest BCUT2D eigenvalue weighted by atomic mass is 9.83. The molecule has 0 saturated heterocycles. The lowest BCUT2D eigenvalue weighted by molar-refractivity contribution is 0.568. The summed E-state index contributed by atoms with van der Waals surface area (Å²) in [6.07, 6.45) is 0.821. The van der Waals surface area contributed by atoms with Gasteiger partial charge in [0.15, 0.2) is 0 Å². The first-order valence-corrected chi connectivity index (χ1v) is 7.06. The molecule has 0 fully saturated rings. The third-order valence-corrected chi connectivity index (χ3v) is 3.50.